The second-order valence-corrected chi connectivity index (χ2v) is 11.3. The maximum absolute atomic E-state index is 10.8. The standard InChI is InChI=1S/C28H31NO4/c1-26-8-6-19-13-21-24(31)25(32)22(30)14-27(21)9-10-28(19,33-27)23(26)5-4-20(26)17-3-2-16-7-11-29-15-18(16)12-17/h2-3,6-7,11-13,15,20,22-25,30-32H,4-5,8-10,14H2,1H3/t20-,22+,23-,24-,25+,26-,27-,28?/m1/s1. The van der Waals surface area contributed by atoms with Crippen LogP contribution in [-0.2, 0) is 4.74 Å². The topological polar surface area (TPSA) is 82.8 Å². The van der Waals surface area contributed by atoms with Gasteiger partial charge in [0.1, 0.15) is 12.2 Å². The molecule has 2 bridgehead atoms. The van der Waals surface area contributed by atoms with Gasteiger partial charge in [-0.25, -0.2) is 0 Å². The molecule has 2 aromatic rings. The molecule has 2 saturated carbocycles. The summed E-state index contributed by atoms with van der Waals surface area (Å²) in [5.41, 5.74) is 2.41. The Hall–Kier alpha value is -2.05. The highest BCUT2D eigenvalue weighted by Crippen LogP contribution is 2.69. The number of allylic oxidation sites excluding steroid dienone is 1. The molecule has 7 rings (SSSR count). The summed E-state index contributed by atoms with van der Waals surface area (Å²) in [7, 11) is 0. The fourth-order valence-corrected chi connectivity index (χ4v) is 8.30. The zero-order valence-electron chi connectivity index (χ0n) is 18.9. The highest BCUT2D eigenvalue weighted by Gasteiger charge is 2.68. The van der Waals surface area contributed by atoms with Crippen molar-refractivity contribution in [2.24, 2.45) is 11.3 Å². The van der Waals surface area contributed by atoms with E-state index in [1.54, 1.807) is 0 Å². The van der Waals surface area contributed by atoms with Gasteiger partial charge in [-0.3, -0.25) is 4.98 Å². The Bertz CT molecular complexity index is 1220. The van der Waals surface area contributed by atoms with E-state index >= 15 is 0 Å². The van der Waals surface area contributed by atoms with E-state index in [4.69, 9.17) is 4.74 Å². The molecule has 0 radical (unpaired) electrons. The van der Waals surface area contributed by atoms with Crippen LogP contribution in [0.25, 0.3) is 10.8 Å². The van der Waals surface area contributed by atoms with Gasteiger partial charge in [0, 0.05) is 24.2 Å². The SMILES string of the molecule is C[C@]12CC=C3C=C4[C@@H](O)[C@@H](O)[C@@H](O)C[C@]45CCC3(O5)[C@@H]1CC[C@@H]2c1ccc2ccncc2c1. The summed E-state index contributed by atoms with van der Waals surface area (Å²) >= 11 is 0. The van der Waals surface area contributed by atoms with Crippen molar-refractivity contribution in [3.63, 3.8) is 0 Å². The van der Waals surface area contributed by atoms with Crippen molar-refractivity contribution in [3.05, 3.63) is 65.5 Å². The molecule has 0 amide bonds. The molecule has 2 aliphatic heterocycles. The van der Waals surface area contributed by atoms with Gasteiger partial charge in [0.2, 0.25) is 0 Å². The molecule has 3 N–H and O–H groups in total. The molecule has 1 aromatic carbocycles. The molecule has 1 saturated heterocycles. The average molecular weight is 446 g/mol. The van der Waals surface area contributed by atoms with Gasteiger partial charge in [-0.15, -0.1) is 0 Å². The molecule has 5 nitrogen and oxygen atoms in total. The molecular weight excluding hydrogens is 414 g/mol. The normalized spacial score (nSPS) is 45.8. The van der Waals surface area contributed by atoms with Gasteiger partial charge < -0.3 is 20.1 Å². The molecule has 5 heteroatoms. The van der Waals surface area contributed by atoms with Crippen molar-refractivity contribution in [3.8, 4) is 0 Å². The summed E-state index contributed by atoms with van der Waals surface area (Å²) in [4.78, 5) is 4.32. The van der Waals surface area contributed by atoms with Crippen LogP contribution in [0.4, 0.5) is 0 Å². The van der Waals surface area contributed by atoms with Crippen LogP contribution in [0.1, 0.15) is 56.9 Å². The molecule has 5 aliphatic rings. The second kappa shape index (κ2) is 6.54. The van der Waals surface area contributed by atoms with Gasteiger partial charge in [0.05, 0.1) is 17.3 Å². The fraction of sp³-hybridized carbons (Fsp3) is 0.536. The van der Waals surface area contributed by atoms with E-state index in [2.05, 4.69) is 48.3 Å². The lowest BCUT2D eigenvalue weighted by atomic mass is 9.58. The van der Waals surface area contributed by atoms with Crippen molar-refractivity contribution >= 4 is 10.8 Å². The quantitative estimate of drug-likeness (QED) is 0.622. The van der Waals surface area contributed by atoms with Crippen LogP contribution >= 0.6 is 0 Å². The lowest BCUT2D eigenvalue weighted by molar-refractivity contribution is -0.176. The Morgan fingerprint density at radius 2 is 1.94 bits per heavy atom. The molecule has 172 valence electrons. The van der Waals surface area contributed by atoms with E-state index in [1.165, 1.54) is 21.9 Å². The molecule has 1 aromatic heterocycles. The number of aliphatic hydroxyl groups excluding tert-OH is 3. The minimum absolute atomic E-state index is 0.0850. The number of pyridine rings is 1. The third kappa shape index (κ3) is 2.49. The second-order valence-electron chi connectivity index (χ2n) is 11.3. The minimum atomic E-state index is -1.15. The highest BCUT2D eigenvalue weighted by molar-refractivity contribution is 5.82. The summed E-state index contributed by atoms with van der Waals surface area (Å²) in [6.45, 7) is 2.44. The number of benzene rings is 1. The van der Waals surface area contributed by atoms with Crippen LogP contribution in [0.5, 0.6) is 0 Å². The Labute approximate surface area is 193 Å². The number of hydrogen-bond donors (Lipinski definition) is 3. The van der Waals surface area contributed by atoms with E-state index in [9.17, 15) is 15.3 Å². The fourth-order valence-electron chi connectivity index (χ4n) is 8.30. The first kappa shape index (κ1) is 20.3. The summed E-state index contributed by atoms with van der Waals surface area (Å²) in [5.74, 6) is 0.840. The van der Waals surface area contributed by atoms with Crippen molar-refractivity contribution in [2.75, 3.05) is 0 Å². The van der Waals surface area contributed by atoms with E-state index < -0.39 is 23.9 Å². The van der Waals surface area contributed by atoms with Gasteiger partial charge in [-0.05, 0) is 83.6 Å². The van der Waals surface area contributed by atoms with Crippen molar-refractivity contribution < 1.29 is 20.1 Å². The van der Waals surface area contributed by atoms with Crippen molar-refractivity contribution in [1.29, 1.82) is 0 Å². The largest absolute Gasteiger partial charge is 0.390 e. The smallest absolute Gasteiger partial charge is 0.110 e. The number of aromatic nitrogens is 1. The predicted molar refractivity (Wildman–Crippen MR) is 125 cm³/mol. The highest BCUT2D eigenvalue weighted by atomic mass is 16.5. The number of ether oxygens (including phenoxy) is 1. The van der Waals surface area contributed by atoms with E-state index in [1.807, 2.05) is 12.4 Å². The zero-order chi connectivity index (χ0) is 22.6. The number of aliphatic hydroxyl groups is 3. The summed E-state index contributed by atoms with van der Waals surface area (Å²) in [5, 5.41) is 34.0. The number of nitrogens with zero attached hydrogens (tertiary/aromatic N) is 1. The Morgan fingerprint density at radius 1 is 1.06 bits per heavy atom. The number of hydrogen-bond acceptors (Lipinski definition) is 5. The molecule has 3 fully saturated rings. The third-order valence-electron chi connectivity index (χ3n) is 9.91. The van der Waals surface area contributed by atoms with Crippen LogP contribution in [0.3, 0.4) is 0 Å². The van der Waals surface area contributed by atoms with Gasteiger partial charge in [-0.1, -0.05) is 31.2 Å². The van der Waals surface area contributed by atoms with Crippen LogP contribution in [0, 0.1) is 11.3 Å². The van der Waals surface area contributed by atoms with E-state index in [0.717, 1.165) is 37.7 Å². The van der Waals surface area contributed by atoms with E-state index in [-0.39, 0.29) is 11.0 Å². The molecule has 3 heterocycles. The van der Waals surface area contributed by atoms with Crippen LogP contribution in [0.2, 0.25) is 0 Å². The summed E-state index contributed by atoms with van der Waals surface area (Å²) < 4.78 is 7.03. The average Bonchev–Trinajstić information content (AvgIpc) is 3.33. The first-order valence-electron chi connectivity index (χ1n) is 12.4. The molecular formula is C28H31NO4. The Kier molecular flexibility index (Phi) is 4.03. The van der Waals surface area contributed by atoms with E-state index in [0.29, 0.717) is 18.3 Å². The van der Waals surface area contributed by atoms with Gasteiger partial charge >= 0.3 is 0 Å². The molecule has 8 atom stereocenters. The number of fused-ring (bicyclic) bond motifs is 2. The minimum Gasteiger partial charge on any atom is -0.390 e. The van der Waals surface area contributed by atoms with Crippen molar-refractivity contribution in [1.82, 2.24) is 4.98 Å². The van der Waals surface area contributed by atoms with Crippen LogP contribution in [-0.4, -0.2) is 49.8 Å². The zero-order valence-corrected chi connectivity index (χ0v) is 18.9. The first-order chi connectivity index (χ1) is 15.9. The van der Waals surface area contributed by atoms with Crippen LogP contribution < -0.4 is 0 Å². The molecule has 1 unspecified atom stereocenters. The van der Waals surface area contributed by atoms with Crippen molar-refractivity contribution in [2.45, 2.75) is 80.9 Å². The lowest BCUT2D eigenvalue weighted by Crippen LogP contribution is -2.59. The van der Waals surface area contributed by atoms with Gasteiger partial charge in [0.25, 0.3) is 0 Å². The van der Waals surface area contributed by atoms with Gasteiger partial charge in [-0.2, -0.15) is 0 Å². The summed E-state index contributed by atoms with van der Waals surface area (Å²) in [6, 6.07) is 8.90. The summed E-state index contributed by atoms with van der Waals surface area (Å²) in [6.07, 6.45) is 10.3. The molecule has 33 heavy (non-hydrogen) atoms. The third-order valence-corrected chi connectivity index (χ3v) is 9.91. The Morgan fingerprint density at radius 3 is 2.82 bits per heavy atom. The maximum Gasteiger partial charge on any atom is 0.110 e. The number of rotatable bonds is 1. The van der Waals surface area contributed by atoms with Crippen LogP contribution in [0.15, 0.2) is 60.0 Å². The Balaban J connectivity index is 1.31. The molecule has 3 aliphatic carbocycles. The maximum atomic E-state index is 10.8. The monoisotopic (exact) mass is 445 g/mol. The first-order valence-corrected chi connectivity index (χ1v) is 12.4. The lowest BCUT2D eigenvalue weighted by Gasteiger charge is -2.55. The molecule has 2 spiro atoms. The van der Waals surface area contributed by atoms with Gasteiger partial charge in [0.15, 0.2) is 0 Å². The predicted octanol–water partition coefficient (Wildman–Crippen LogP) is 3.78.